The van der Waals surface area contributed by atoms with E-state index in [4.69, 9.17) is 4.74 Å². The minimum atomic E-state index is -0.933. The van der Waals surface area contributed by atoms with E-state index in [1.807, 2.05) is 64.1 Å². The number of aryl methyl sites for hydroxylation is 2. The van der Waals surface area contributed by atoms with Crippen molar-refractivity contribution >= 4 is 11.8 Å². The van der Waals surface area contributed by atoms with E-state index in [0.717, 1.165) is 28.7 Å². The van der Waals surface area contributed by atoms with E-state index in [1.54, 1.807) is 0 Å². The zero-order chi connectivity index (χ0) is 20.1. The SMILES string of the molecule is Cc1cc(C)c(C(=O)C(C(=O)OCCC(C)C)c2ccccc2)c(C)c1C. The van der Waals surface area contributed by atoms with Crippen molar-refractivity contribution in [2.75, 3.05) is 6.61 Å². The number of Topliss-reactive ketones (excluding diaryl/α,β-unsaturated/α-hetero) is 1. The van der Waals surface area contributed by atoms with Crippen LogP contribution in [0.5, 0.6) is 0 Å². The third-order valence-corrected chi connectivity index (χ3v) is 5.17. The minimum absolute atomic E-state index is 0.186. The van der Waals surface area contributed by atoms with E-state index in [2.05, 4.69) is 13.8 Å². The fraction of sp³-hybridized carbons (Fsp3) is 0.417. The van der Waals surface area contributed by atoms with Gasteiger partial charge in [0.1, 0.15) is 5.92 Å². The second-order valence-electron chi connectivity index (χ2n) is 7.69. The molecule has 0 heterocycles. The van der Waals surface area contributed by atoms with Crippen molar-refractivity contribution in [2.45, 2.75) is 53.9 Å². The van der Waals surface area contributed by atoms with Crippen LogP contribution in [0.3, 0.4) is 0 Å². The Labute approximate surface area is 162 Å². The van der Waals surface area contributed by atoms with Gasteiger partial charge in [-0.2, -0.15) is 0 Å². The quantitative estimate of drug-likeness (QED) is 0.370. The summed E-state index contributed by atoms with van der Waals surface area (Å²) < 4.78 is 5.49. The molecule has 0 N–H and O–H groups in total. The topological polar surface area (TPSA) is 43.4 Å². The van der Waals surface area contributed by atoms with Crippen molar-refractivity contribution < 1.29 is 14.3 Å². The minimum Gasteiger partial charge on any atom is -0.465 e. The van der Waals surface area contributed by atoms with Crippen LogP contribution in [0.1, 0.15) is 64.4 Å². The molecule has 1 atom stereocenters. The summed E-state index contributed by atoms with van der Waals surface area (Å²) in [5.74, 6) is -1.15. The highest BCUT2D eigenvalue weighted by Crippen LogP contribution is 2.29. The van der Waals surface area contributed by atoms with Gasteiger partial charge in [0.15, 0.2) is 5.78 Å². The van der Waals surface area contributed by atoms with Gasteiger partial charge in [-0.05, 0) is 67.9 Å². The van der Waals surface area contributed by atoms with Crippen molar-refractivity contribution in [1.29, 1.82) is 0 Å². The van der Waals surface area contributed by atoms with Crippen LogP contribution in [0.2, 0.25) is 0 Å². The van der Waals surface area contributed by atoms with E-state index in [1.165, 1.54) is 0 Å². The van der Waals surface area contributed by atoms with Crippen LogP contribution in [-0.4, -0.2) is 18.4 Å². The summed E-state index contributed by atoms with van der Waals surface area (Å²) in [4.78, 5) is 26.4. The summed E-state index contributed by atoms with van der Waals surface area (Å²) in [6.07, 6.45) is 0.781. The lowest BCUT2D eigenvalue weighted by molar-refractivity contribution is -0.144. The lowest BCUT2D eigenvalue weighted by atomic mass is 9.84. The fourth-order valence-electron chi connectivity index (χ4n) is 3.33. The standard InChI is InChI=1S/C24H30O3/c1-15(2)12-13-27-24(26)22(20-10-8-7-9-11-20)23(25)21-17(4)14-16(3)18(5)19(21)6/h7-11,14-15,22H,12-13H2,1-6H3. The predicted molar refractivity (Wildman–Crippen MR) is 109 cm³/mol. The smallest absolute Gasteiger partial charge is 0.321 e. The van der Waals surface area contributed by atoms with Gasteiger partial charge in [0, 0.05) is 5.56 Å². The first-order valence-electron chi connectivity index (χ1n) is 9.57. The molecular formula is C24H30O3. The Hall–Kier alpha value is -2.42. The second-order valence-corrected chi connectivity index (χ2v) is 7.69. The Morgan fingerprint density at radius 3 is 2.15 bits per heavy atom. The Kier molecular flexibility index (Phi) is 6.95. The number of carbonyl (C=O) groups excluding carboxylic acids is 2. The molecule has 1 unspecified atom stereocenters. The molecule has 0 saturated carbocycles. The van der Waals surface area contributed by atoms with E-state index < -0.39 is 11.9 Å². The Bertz CT molecular complexity index is 819. The summed E-state index contributed by atoms with van der Waals surface area (Å²) in [5, 5.41) is 0. The second kappa shape index (κ2) is 8.98. The first-order valence-corrected chi connectivity index (χ1v) is 9.57. The van der Waals surface area contributed by atoms with Crippen LogP contribution in [0.15, 0.2) is 36.4 Å². The Morgan fingerprint density at radius 2 is 1.56 bits per heavy atom. The van der Waals surface area contributed by atoms with Crippen molar-refractivity contribution in [3.63, 3.8) is 0 Å². The zero-order valence-electron chi connectivity index (χ0n) is 17.3. The molecule has 0 bridgehead atoms. The Morgan fingerprint density at radius 1 is 0.926 bits per heavy atom. The molecule has 0 saturated heterocycles. The van der Waals surface area contributed by atoms with Gasteiger partial charge >= 0.3 is 5.97 Å². The molecule has 0 aliphatic carbocycles. The number of benzene rings is 2. The van der Waals surface area contributed by atoms with Gasteiger partial charge in [-0.25, -0.2) is 0 Å². The molecule has 0 aliphatic heterocycles. The largest absolute Gasteiger partial charge is 0.465 e. The molecule has 0 amide bonds. The van der Waals surface area contributed by atoms with Gasteiger partial charge in [-0.3, -0.25) is 9.59 Å². The van der Waals surface area contributed by atoms with Crippen molar-refractivity contribution in [3.05, 3.63) is 69.8 Å². The van der Waals surface area contributed by atoms with Gasteiger partial charge < -0.3 is 4.74 Å². The molecule has 2 rings (SSSR count). The van der Waals surface area contributed by atoms with Gasteiger partial charge in [0.05, 0.1) is 6.61 Å². The maximum atomic E-state index is 13.5. The molecule has 2 aromatic carbocycles. The molecule has 0 spiro atoms. The molecule has 0 aliphatic rings. The van der Waals surface area contributed by atoms with E-state index in [0.29, 0.717) is 23.7 Å². The predicted octanol–water partition coefficient (Wildman–Crippen LogP) is 5.48. The number of hydrogen-bond acceptors (Lipinski definition) is 3. The molecule has 2 aromatic rings. The fourth-order valence-corrected chi connectivity index (χ4v) is 3.33. The van der Waals surface area contributed by atoms with Crippen LogP contribution in [0.4, 0.5) is 0 Å². The molecule has 0 radical (unpaired) electrons. The maximum Gasteiger partial charge on any atom is 0.321 e. The summed E-state index contributed by atoms with van der Waals surface area (Å²) >= 11 is 0. The molecule has 27 heavy (non-hydrogen) atoms. The van der Waals surface area contributed by atoms with Crippen LogP contribution in [0.25, 0.3) is 0 Å². The van der Waals surface area contributed by atoms with Crippen LogP contribution in [0, 0.1) is 33.6 Å². The van der Waals surface area contributed by atoms with Crippen LogP contribution in [-0.2, 0) is 9.53 Å². The Balaban J connectivity index is 2.44. The number of ether oxygens (including phenoxy) is 1. The highest BCUT2D eigenvalue weighted by molar-refractivity contribution is 6.14. The van der Waals surface area contributed by atoms with Crippen LogP contribution >= 0.6 is 0 Å². The number of ketones is 1. The summed E-state index contributed by atoms with van der Waals surface area (Å²) in [6.45, 7) is 12.4. The van der Waals surface area contributed by atoms with Gasteiger partial charge in [-0.1, -0.05) is 50.2 Å². The number of carbonyl (C=O) groups is 2. The van der Waals surface area contributed by atoms with E-state index in [-0.39, 0.29) is 5.78 Å². The first-order chi connectivity index (χ1) is 12.7. The average Bonchev–Trinajstić information content (AvgIpc) is 2.60. The molecular weight excluding hydrogens is 336 g/mol. The van der Waals surface area contributed by atoms with Crippen molar-refractivity contribution in [2.24, 2.45) is 5.92 Å². The van der Waals surface area contributed by atoms with Gasteiger partial charge in [0.25, 0.3) is 0 Å². The van der Waals surface area contributed by atoms with Gasteiger partial charge in [0.2, 0.25) is 0 Å². The highest BCUT2D eigenvalue weighted by atomic mass is 16.5. The molecule has 144 valence electrons. The monoisotopic (exact) mass is 366 g/mol. The zero-order valence-corrected chi connectivity index (χ0v) is 17.3. The molecule has 3 heteroatoms. The summed E-state index contributed by atoms with van der Waals surface area (Å²) in [5.41, 5.74) is 5.38. The number of rotatable bonds is 7. The molecule has 3 nitrogen and oxygen atoms in total. The average molecular weight is 367 g/mol. The lowest BCUT2D eigenvalue weighted by Crippen LogP contribution is -2.26. The summed E-state index contributed by atoms with van der Waals surface area (Å²) in [7, 11) is 0. The molecule has 0 aromatic heterocycles. The molecule has 0 fully saturated rings. The third kappa shape index (κ3) is 4.85. The van der Waals surface area contributed by atoms with Crippen molar-refractivity contribution in [3.8, 4) is 0 Å². The van der Waals surface area contributed by atoms with E-state index >= 15 is 0 Å². The summed E-state index contributed by atoms with van der Waals surface area (Å²) in [6, 6.07) is 11.2. The first kappa shape index (κ1) is 20.9. The number of esters is 1. The maximum absolute atomic E-state index is 13.5. The normalized spacial score (nSPS) is 12.1. The third-order valence-electron chi connectivity index (χ3n) is 5.17. The van der Waals surface area contributed by atoms with Gasteiger partial charge in [-0.15, -0.1) is 0 Å². The lowest BCUT2D eigenvalue weighted by Gasteiger charge is -2.20. The van der Waals surface area contributed by atoms with E-state index in [9.17, 15) is 9.59 Å². The number of hydrogen-bond donors (Lipinski definition) is 0. The van der Waals surface area contributed by atoms with Crippen molar-refractivity contribution in [1.82, 2.24) is 0 Å². The highest BCUT2D eigenvalue weighted by Gasteiger charge is 2.33. The van der Waals surface area contributed by atoms with Crippen LogP contribution < -0.4 is 0 Å².